The predicted molar refractivity (Wildman–Crippen MR) is 63.6 cm³/mol. The van der Waals surface area contributed by atoms with Crippen molar-refractivity contribution in [2.75, 3.05) is 13.7 Å². The minimum Gasteiger partial charge on any atom is -0.466 e. The highest BCUT2D eigenvalue weighted by atomic mass is 19.4. The van der Waals surface area contributed by atoms with Crippen LogP contribution in [0, 0.1) is 0 Å². The Bertz CT molecular complexity index is 412. The van der Waals surface area contributed by atoms with Crippen LogP contribution in [0.5, 0.6) is 0 Å². The van der Waals surface area contributed by atoms with Crippen LogP contribution in [0.15, 0.2) is 24.3 Å². The number of ether oxygens (including phenoxy) is 2. The lowest BCUT2D eigenvalue weighted by molar-refractivity contribution is -0.293. The summed E-state index contributed by atoms with van der Waals surface area (Å²) in [7, 11) is 1.33. The van der Waals surface area contributed by atoms with Gasteiger partial charge in [-0.2, -0.15) is 22.0 Å². The molecular formula is C12H15F5O4. The molecule has 0 aromatic rings. The highest BCUT2D eigenvalue weighted by Gasteiger charge is 2.58. The van der Waals surface area contributed by atoms with Gasteiger partial charge in [-0.05, 0) is 13.8 Å². The van der Waals surface area contributed by atoms with Gasteiger partial charge in [0.2, 0.25) is 0 Å². The molecule has 0 heterocycles. The summed E-state index contributed by atoms with van der Waals surface area (Å²) in [4.78, 5) is 20.7. The summed E-state index contributed by atoms with van der Waals surface area (Å²) in [6, 6.07) is 0. The molecule has 0 aliphatic carbocycles. The fourth-order valence-corrected chi connectivity index (χ4v) is 0.535. The smallest absolute Gasteiger partial charge is 0.456 e. The average Bonchev–Trinajstić information content (AvgIpc) is 2.33. The molecule has 122 valence electrons. The highest BCUT2D eigenvalue weighted by molar-refractivity contribution is 5.87. The summed E-state index contributed by atoms with van der Waals surface area (Å²) < 4.78 is 66.8. The highest BCUT2D eigenvalue weighted by Crippen LogP contribution is 2.35. The van der Waals surface area contributed by atoms with E-state index in [-0.39, 0.29) is 11.5 Å². The van der Waals surface area contributed by atoms with Crippen LogP contribution in [-0.4, -0.2) is 37.8 Å². The lowest BCUT2D eigenvalue weighted by Crippen LogP contribution is -2.41. The molecule has 0 radical (unpaired) electrons. The maximum absolute atomic E-state index is 12.1. The number of rotatable bonds is 4. The van der Waals surface area contributed by atoms with Gasteiger partial charge in [-0.1, -0.05) is 13.2 Å². The third-order valence-electron chi connectivity index (χ3n) is 1.68. The molecule has 0 saturated carbocycles. The monoisotopic (exact) mass is 318 g/mol. The number of hydrogen-bond donors (Lipinski definition) is 0. The van der Waals surface area contributed by atoms with E-state index in [0.29, 0.717) is 5.57 Å². The van der Waals surface area contributed by atoms with Gasteiger partial charge in [0.1, 0.15) is 0 Å². The van der Waals surface area contributed by atoms with Gasteiger partial charge in [0.15, 0.2) is 6.61 Å². The van der Waals surface area contributed by atoms with E-state index in [0.717, 1.165) is 6.92 Å². The molecule has 0 fully saturated rings. The zero-order chi connectivity index (χ0) is 17.4. The van der Waals surface area contributed by atoms with Crippen molar-refractivity contribution >= 4 is 11.9 Å². The molecule has 0 rings (SSSR count). The summed E-state index contributed by atoms with van der Waals surface area (Å²) in [5.41, 5.74) is 0.186. The minimum atomic E-state index is -5.72. The first-order valence-electron chi connectivity index (χ1n) is 5.27. The number of esters is 2. The number of hydrogen-bond acceptors (Lipinski definition) is 4. The van der Waals surface area contributed by atoms with Crippen LogP contribution < -0.4 is 0 Å². The Labute approximate surface area is 118 Å². The average molecular weight is 318 g/mol. The van der Waals surface area contributed by atoms with Gasteiger partial charge >= 0.3 is 24.0 Å². The van der Waals surface area contributed by atoms with Crippen LogP contribution in [0.3, 0.4) is 0 Å². The van der Waals surface area contributed by atoms with Crippen LogP contribution in [-0.2, 0) is 19.1 Å². The Balaban J connectivity index is 0. The maximum atomic E-state index is 12.1. The molecule has 0 saturated heterocycles. The van der Waals surface area contributed by atoms with E-state index in [9.17, 15) is 31.5 Å². The zero-order valence-electron chi connectivity index (χ0n) is 11.6. The van der Waals surface area contributed by atoms with Crippen molar-refractivity contribution in [3.05, 3.63) is 24.3 Å². The van der Waals surface area contributed by atoms with Crippen molar-refractivity contribution in [1.82, 2.24) is 0 Å². The first kappa shape index (κ1) is 21.4. The lowest BCUT2D eigenvalue weighted by Gasteiger charge is -2.18. The van der Waals surface area contributed by atoms with Gasteiger partial charge in [0, 0.05) is 11.1 Å². The fourth-order valence-electron chi connectivity index (χ4n) is 0.535. The molecule has 0 bridgehead atoms. The molecule has 9 heteroatoms. The van der Waals surface area contributed by atoms with Crippen LogP contribution in [0.4, 0.5) is 22.0 Å². The van der Waals surface area contributed by atoms with Gasteiger partial charge < -0.3 is 9.47 Å². The summed E-state index contributed by atoms with van der Waals surface area (Å²) >= 11 is 0. The van der Waals surface area contributed by atoms with E-state index in [4.69, 9.17) is 0 Å². The molecule has 0 unspecified atom stereocenters. The first-order chi connectivity index (χ1) is 9.26. The molecule has 0 N–H and O–H groups in total. The molecule has 0 atom stereocenters. The Hall–Kier alpha value is -1.93. The van der Waals surface area contributed by atoms with Crippen LogP contribution in [0.25, 0.3) is 0 Å². The SMILES string of the molecule is C=C(C)C(=O)OC.C=C(C)C(=O)OCC(F)(F)C(F)(F)F. The molecule has 0 spiro atoms. The molecule has 0 aliphatic heterocycles. The first-order valence-corrected chi connectivity index (χ1v) is 5.27. The van der Waals surface area contributed by atoms with Crippen LogP contribution in [0.1, 0.15) is 13.8 Å². The molecule has 0 aromatic carbocycles. The third-order valence-corrected chi connectivity index (χ3v) is 1.68. The van der Waals surface area contributed by atoms with Crippen LogP contribution in [0.2, 0.25) is 0 Å². The fraction of sp³-hybridized carbons (Fsp3) is 0.500. The quantitative estimate of drug-likeness (QED) is 0.454. The van der Waals surface area contributed by atoms with E-state index >= 15 is 0 Å². The van der Waals surface area contributed by atoms with E-state index in [2.05, 4.69) is 22.6 Å². The number of carbonyl (C=O) groups excluding carboxylic acids is 2. The topological polar surface area (TPSA) is 52.6 Å². The normalized spacial score (nSPS) is 10.9. The van der Waals surface area contributed by atoms with Gasteiger partial charge in [-0.25, -0.2) is 9.59 Å². The third kappa shape index (κ3) is 8.77. The predicted octanol–water partition coefficient (Wildman–Crippen LogP) is 3.04. The van der Waals surface area contributed by atoms with Crippen LogP contribution >= 0.6 is 0 Å². The van der Waals surface area contributed by atoms with Gasteiger partial charge in [0.05, 0.1) is 7.11 Å². The molecule has 0 aliphatic rings. The van der Waals surface area contributed by atoms with Crippen molar-refractivity contribution in [3.8, 4) is 0 Å². The van der Waals surface area contributed by atoms with Crippen molar-refractivity contribution in [1.29, 1.82) is 0 Å². The Morgan fingerprint density at radius 3 is 1.52 bits per heavy atom. The van der Waals surface area contributed by atoms with Crippen molar-refractivity contribution < 1.29 is 41.0 Å². The number of halogens is 5. The zero-order valence-corrected chi connectivity index (χ0v) is 11.6. The maximum Gasteiger partial charge on any atom is 0.456 e. The lowest BCUT2D eigenvalue weighted by atomic mass is 10.3. The van der Waals surface area contributed by atoms with E-state index < -0.39 is 24.7 Å². The molecular weight excluding hydrogens is 303 g/mol. The number of carbonyl (C=O) groups is 2. The summed E-state index contributed by atoms with van der Waals surface area (Å²) in [5, 5.41) is 0. The standard InChI is InChI=1S/C7H7F5O2.C5H8O2/c1-4(2)5(13)14-3-6(8,9)7(10,11)12;1-4(2)5(6)7-3/h1,3H2,2H3;1H2,2-3H3. The van der Waals surface area contributed by atoms with Crippen molar-refractivity contribution in [2.24, 2.45) is 0 Å². The Morgan fingerprint density at radius 2 is 1.33 bits per heavy atom. The minimum absolute atomic E-state index is 0.247. The van der Waals surface area contributed by atoms with Gasteiger partial charge in [-0.15, -0.1) is 0 Å². The Kier molecular flexibility index (Phi) is 8.53. The Morgan fingerprint density at radius 1 is 0.952 bits per heavy atom. The second-order valence-corrected chi connectivity index (χ2v) is 3.83. The van der Waals surface area contributed by atoms with E-state index in [1.54, 1.807) is 6.92 Å². The molecule has 0 amide bonds. The summed E-state index contributed by atoms with van der Waals surface area (Å²) in [6.07, 6.45) is -5.72. The number of methoxy groups -OCH3 is 1. The van der Waals surface area contributed by atoms with Crippen molar-refractivity contribution in [2.45, 2.75) is 25.9 Å². The summed E-state index contributed by atoms with van der Waals surface area (Å²) in [6.45, 7) is 7.08. The van der Waals surface area contributed by atoms with E-state index in [1.807, 2.05) is 0 Å². The van der Waals surface area contributed by atoms with Crippen molar-refractivity contribution in [3.63, 3.8) is 0 Å². The number of alkyl halides is 5. The van der Waals surface area contributed by atoms with Gasteiger partial charge in [-0.3, -0.25) is 0 Å². The molecule has 4 nitrogen and oxygen atoms in total. The van der Waals surface area contributed by atoms with Gasteiger partial charge in [0.25, 0.3) is 0 Å². The van der Waals surface area contributed by atoms with E-state index in [1.165, 1.54) is 7.11 Å². The second-order valence-electron chi connectivity index (χ2n) is 3.83. The second kappa shape index (κ2) is 8.38. The molecule has 0 aromatic heterocycles. The largest absolute Gasteiger partial charge is 0.466 e. The molecule has 21 heavy (non-hydrogen) atoms. The summed E-state index contributed by atoms with van der Waals surface area (Å²) in [5.74, 6) is -6.66.